The Hall–Kier alpha value is -3.63. The third-order valence-corrected chi connectivity index (χ3v) is 6.96. The van der Waals surface area contributed by atoms with Crippen LogP contribution in [0.5, 0.6) is 11.5 Å². The molecule has 2 heterocycles. The minimum atomic E-state index is -0.289. The van der Waals surface area contributed by atoms with Crippen LogP contribution >= 0.6 is 23.7 Å². The molecule has 7 heteroatoms. The van der Waals surface area contributed by atoms with Gasteiger partial charge in [0.1, 0.15) is 22.6 Å². The van der Waals surface area contributed by atoms with Crippen molar-refractivity contribution in [2.45, 2.75) is 19.5 Å². The maximum Gasteiger partial charge on any atom is 0.260 e. The first-order valence-corrected chi connectivity index (χ1v) is 12.0. The first-order valence-electron chi connectivity index (χ1n) is 11.2. The summed E-state index contributed by atoms with van der Waals surface area (Å²) in [6, 6.07) is 29.2. The monoisotopic (exact) mass is 501 g/mol. The molecule has 3 aromatic carbocycles. The van der Waals surface area contributed by atoms with Gasteiger partial charge in [0.2, 0.25) is 0 Å². The maximum absolute atomic E-state index is 13.2. The second-order valence-corrected chi connectivity index (χ2v) is 9.24. The van der Waals surface area contributed by atoms with E-state index in [2.05, 4.69) is 40.6 Å². The van der Waals surface area contributed by atoms with Gasteiger partial charge in [0.05, 0.1) is 11.1 Å². The normalized spacial score (nSPS) is 12.7. The van der Waals surface area contributed by atoms with Gasteiger partial charge in [-0.1, -0.05) is 60.7 Å². The summed E-state index contributed by atoms with van der Waals surface area (Å²) >= 11 is 1.50. The number of rotatable bonds is 6. The van der Waals surface area contributed by atoms with E-state index in [1.54, 1.807) is 18.2 Å². The van der Waals surface area contributed by atoms with E-state index in [-0.39, 0.29) is 18.3 Å². The van der Waals surface area contributed by atoms with E-state index in [1.165, 1.54) is 16.9 Å². The number of carbonyl (C=O) groups excluding carboxylic acids is 1. The molecular formula is C28H24ClN3O2S. The Balaban J connectivity index is 0.00000289. The van der Waals surface area contributed by atoms with Crippen molar-refractivity contribution < 1.29 is 9.53 Å². The molecule has 1 N–H and O–H groups in total. The Bertz CT molecular complexity index is 1350. The lowest BCUT2D eigenvalue weighted by Crippen LogP contribution is -2.29. The number of hydrogen-bond acceptors (Lipinski definition) is 5. The average molecular weight is 502 g/mol. The zero-order valence-electron chi connectivity index (χ0n) is 18.9. The molecule has 176 valence electrons. The van der Waals surface area contributed by atoms with Crippen LogP contribution in [-0.4, -0.2) is 17.4 Å². The quantitative estimate of drug-likeness (QED) is 0.321. The van der Waals surface area contributed by atoms with E-state index >= 15 is 0 Å². The van der Waals surface area contributed by atoms with Gasteiger partial charge in [-0.3, -0.25) is 9.69 Å². The number of carbonyl (C=O) groups is 1. The fourth-order valence-corrected chi connectivity index (χ4v) is 5.40. The van der Waals surface area contributed by atoms with E-state index in [0.717, 1.165) is 36.5 Å². The van der Waals surface area contributed by atoms with Crippen LogP contribution in [0.25, 0.3) is 0 Å². The van der Waals surface area contributed by atoms with Gasteiger partial charge in [0, 0.05) is 24.5 Å². The fourth-order valence-electron chi connectivity index (χ4n) is 4.17. The lowest BCUT2D eigenvalue weighted by Gasteiger charge is -2.26. The van der Waals surface area contributed by atoms with Gasteiger partial charge in [0.25, 0.3) is 5.91 Å². The lowest BCUT2D eigenvalue weighted by molar-refractivity contribution is 0.102. The highest BCUT2D eigenvalue weighted by Gasteiger charge is 2.26. The highest BCUT2D eigenvalue weighted by atomic mass is 35.5. The predicted octanol–water partition coefficient (Wildman–Crippen LogP) is 6.64. The summed E-state index contributed by atoms with van der Waals surface area (Å²) in [5.41, 5.74) is 3.33. The summed E-state index contributed by atoms with van der Waals surface area (Å²) in [6.07, 6.45) is 0.797. The number of nitrogens with zero attached hydrogens (tertiary/aromatic N) is 2. The van der Waals surface area contributed by atoms with E-state index in [1.807, 2.05) is 42.5 Å². The number of amides is 1. The summed E-state index contributed by atoms with van der Waals surface area (Å²) in [7, 11) is 0. The van der Waals surface area contributed by atoms with E-state index in [4.69, 9.17) is 4.74 Å². The number of benzene rings is 3. The predicted molar refractivity (Wildman–Crippen MR) is 141 cm³/mol. The van der Waals surface area contributed by atoms with Gasteiger partial charge < -0.3 is 10.1 Å². The molecule has 0 unspecified atom stereocenters. The molecule has 0 aliphatic carbocycles. The number of halogens is 1. The Morgan fingerprint density at radius 2 is 1.69 bits per heavy atom. The average Bonchev–Trinajstić information content (AvgIpc) is 3.21. The van der Waals surface area contributed by atoms with Crippen molar-refractivity contribution >= 4 is 34.7 Å². The Morgan fingerprint density at radius 3 is 2.43 bits per heavy atom. The molecule has 5 nitrogen and oxygen atoms in total. The second-order valence-electron chi connectivity index (χ2n) is 8.13. The van der Waals surface area contributed by atoms with Crippen molar-refractivity contribution in [3.05, 3.63) is 112 Å². The Morgan fingerprint density at radius 1 is 1.00 bits per heavy atom. The summed E-state index contributed by atoms with van der Waals surface area (Å²) < 4.78 is 5.95. The smallest absolute Gasteiger partial charge is 0.260 e. The van der Waals surface area contributed by atoms with Crippen LogP contribution in [0.2, 0.25) is 0 Å². The minimum absolute atomic E-state index is 0. The number of hydrogen-bond donors (Lipinski definition) is 1. The van der Waals surface area contributed by atoms with Crippen LogP contribution in [0.4, 0.5) is 5.00 Å². The summed E-state index contributed by atoms with van der Waals surface area (Å²) in [5.74, 6) is 0.841. The standard InChI is InChI=1S/C28H23N3O2S.ClH/c29-17-24-22-15-16-31(18-20-9-3-1-4-10-20)19-26(22)34-28(24)30-27(32)23-13-7-8-14-25(23)33-21-11-5-2-6-12-21;/h1-14H,15-16,18-19H2,(H,30,32);1H. The molecule has 0 fully saturated rings. The molecule has 0 radical (unpaired) electrons. The second kappa shape index (κ2) is 11.2. The highest BCUT2D eigenvalue weighted by Crippen LogP contribution is 2.37. The van der Waals surface area contributed by atoms with E-state index < -0.39 is 0 Å². The molecule has 1 aromatic heterocycles. The molecule has 4 aromatic rings. The van der Waals surface area contributed by atoms with Crippen molar-refractivity contribution in [3.8, 4) is 17.6 Å². The summed E-state index contributed by atoms with van der Waals surface area (Å²) in [6.45, 7) is 2.52. The molecule has 0 spiro atoms. The van der Waals surface area contributed by atoms with Crippen molar-refractivity contribution in [1.82, 2.24) is 4.90 Å². The molecule has 1 aliphatic rings. The summed E-state index contributed by atoms with van der Waals surface area (Å²) in [4.78, 5) is 16.7. The van der Waals surface area contributed by atoms with Gasteiger partial charge in [-0.15, -0.1) is 23.7 Å². The van der Waals surface area contributed by atoms with Crippen LogP contribution in [0.3, 0.4) is 0 Å². The molecule has 0 atom stereocenters. The molecule has 5 rings (SSSR count). The largest absolute Gasteiger partial charge is 0.457 e. The molecular weight excluding hydrogens is 478 g/mol. The third kappa shape index (κ3) is 5.55. The van der Waals surface area contributed by atoms with Crippen LogP contribution in [0.1, 0.15) is 31.9 Å². The third-order valence-electron chi connectivity index (χ3n) is 5.83. The van der Waals surface area contributed by atoms with E-state index in [0.29, 0.717) is 27.6 Å². The van der Waals surface area contributed by atoms with Crippen molar-refractivity contribution in [2.24, 2.45) is 0 Å². The zero-order valence-corrected chi connectivity index (χ0v) is 20.6. The van der Waals surface area contributed by atoms with E-state index in [9.17, 15) is 10.1 Å². The van der Waals surface area contributed by atoms with Gasteiger partial charge in [-0.2, -0.15) is 5.26 Å². The number of fused-ring (bicyclic) bond motifs is 1. The molecule has 0 bridgehead atoms. The van der Waals surface area contributed by atoms with Gasteiger partial charge in [0.15, 0.2) is 0 Å². The number of thiophene rings is 1. The Kier molecular flexibility index (Phi) is 7.84. The first kappa shape index (κ1) is 24.5. The molecule has 1 aliphatic heterocycles. The number of nitrogens with one attached hydrogen (secondary N) is 1. The Labute approximate surface area is 215 Å². The van der Waals surface area contributed by atoms with Crippen molar-refractivity contribution in [2.75, 3.05) is 11.9 Å². The summed E-state index contributed by atoms with van der Waals surface area (Å²) in [5, 5.41) is 13.5. The van der Waals surface area contributed by atoms with Gasteiger partial charge >= 0.3 is 0 Å². The first-order chi connectivity index (χ1) is 16.7. The number of nitriles is 1. The van der Waals surface area contributed by atoms with Crippen LogP contribution in [0, 0.1) is 11.3 Å². The zero-order chi connectivity index (χ0) is 23.3. The SMILES string of the molecule is Cl.N#Cc1c(NC(=O)c2ccccc2Oc2ccccc2)sc2c1CCN(Cc1ccccc1)C2. The van der Waals surface area contributed by atoms with Gasteiger partial charge in [-0.25, -0.2) is 0 Å². The number of ether oxygens (including phenoxy) is 1. The molecule has 0 saturated heterocycles. The highest BCUT2D eigenvalue weighted by molar-refractivity contribution is 7.16. The number of para-hydroxylation sites is 2. The van der Waals surface area contributed by atoms with Gasteiger partial charge in [-0.05, 0) is 41.8 Å². The molecule has 0 saturated carbocycles. The van der Waals surface area contributed by atoms with Crippen LogP contribution in [-0.2, 0) is 19.5 Å². The molecule has 1 amide bonds. The van der Waals surface area contributed by atoms with Crippen molar-refractivity contribution in [1.29, 1.82) is 5.26 Å². The molecule has 35 heavy (non-hydrogen) atoms. The topological polar surface area (TPSA) is 65.4 Å². The maximum atomic E-state index is 13.2. The van der Waals surface area contributed by atoms with Crippen LogP contribution < -0.4 is 10.1 Å². The number of anilines is 1. The van der Waals surface area contributed by atoms with Crippen molar-refractivity contribution in [3.63, 3.8) is 0 Å². The fraction of sp³-hybridized carbons (Fsp3) is 0.143. The van der Waals surface area contributed by atoms with Crippen LogP contribution in [0.15, 0.2) is 84.9 Å². The minimum Gasteiger partial charge on any atom is -0.457 e. The lowest BCUT2D eigenvalue weighted by atomic mass is 10.0.